The van der Waals surface area contributed by atoms with E-state index < -0.39 is 0 Å². The number of rotatable bonds is 8. The van der Waals surface area contributed by atoms with E-state index in [4.69, 9.17) is 9.47 Å². The van der Waals surface area contributed by atoms with Gasteiger partial charge in [-0.1, -0.05) is 70.5 Å². The molecule has 4 rings (SSSR count). The van der Waals surface area contributed by atoms with Crippen LogP contribution in [0, 0.1) is 0 Å². The highest BCUT2D eigenvalue weighted by molar-refractivity contribution is 9.11. The molecule has 4 aromatic carbocycles. The number of ether oxygens (including phenoxy) is 2. The number of nitrogens with zero attached hydrogens (tertiary/aromatic N) is 1. The average molecular weight is 568 g/mol. The molecule has 1 amide bonds. The highest BCUT2D eigenvalue weighted by Crippen LogP contribution is 2.34. The maximum Gasteiger partial charge on any atom is 0.277 e. The van der Waals surface area contributed by atoms with Gasteiger partial charge in [0.2, 0.25) is 0 Å². The third kappa shape index (κ3) is 6.43. The third-order valence-electron chi connectivity index (χ3n) is 4.75. The zero-order valence-electron chi connectivity index (χ0n) is 17.5. The molecule has 0 unspecified atom stereocenters. The Labute approximate surface area is 208 Å². The van der Waals surface area contributed by atoms with Gasteiger partial charge in [0, 0.05) is 4.47 Å². The first kappa shape index (κ1) is 23.0. The summed E-state index contributed by atoms with van der Waals surface area (Å²) in [6.07, 6.45) is 1.57. The Bertz CT molecular complexity index is 1290. The summed E-state index contributed by atoms with van der Waals surface area (Å²) in [5, 5.41) is 6.08. The molecule has 0 fully saturated rings. The van der Waals surface area contributed by atoms with E-state index in [9.17, 15) is 4.79 Å². The maximum absolute atomic E-state index is 12.2. The zero-order valence-corrected chi connectivity index (χ0v) is 20.7. The summed E-state index contributed by atoms with van der Waals surface area (Å²) in [7, 11) is 0. The largest absolute Gasteiger partial charge is 0.489 e. The number of fused-ring (bicyclic) bond motifs is 1. The molecule has 0 aliphatic rings. The first-order chi connectivity index (χ1) is 16.1. The number of benzene rings is 4. The monoisotopic (exact) mass is 566 g/mol. The van der Waals surface area contributed by atoms with Crippen LogP contribution in [0.3, 0.4) is 0 Å². The van der Waals surface area contributed by atoms with Gasteiger partial charge in [-0.3, -0.25) is 4.79 Å². The van der Waals surface area contributed by atoms with E-state index in [1.165, 1.54) is 0 Å². The molecular formula is C26H20Br2N2O3. The minimum atomic E-state index is -0.356. The summed E-state index contributed by atoms with van der Waals surface area (Å²) in [5.41, 5.74) is 4.39. The molecule has 0 aromatic heterocycles. The molecule has 1 N–H and O–H groups in total. The van der Waals surface area contributed by atoms with Crippen molar-refractivity contribution >= 4 is 54.8 Å². The van der Waals surface area contributed by atoms with Gasteiger partial charge in [-0.2, -0.15) is 5.10 Å². The Morgan fingerprint density at radius 1 is 0.909 bits per heavy atom. The fourth-order valence-electron chi connectivity index (χ4n) is 3.13. The second-order valence-electron chi connectivity index (χ2n) is 7.17. The predicted octanol–water partition coefficient (Wildman–Crippen LogP) is 6.47. The number of hydrazone groups is 1. The number of halogens is 2. The second-order valence-corrected chi connectivity index (χ2v) is 8.88. The van der Waals surface area contributed by atoms with Gasteiger partial charge in [-0.05, 0) is 68.2 Å². The molecule has 7 heteroatoms. The van der Waals surface area contributed by atoms with Crippen LogP contribution in [-0.4, -0.2) is 18.7 Å². The van der Waals surface area contributed by atoms with Crippen molar-refractivity contribution < 1.29 is 14.3 Å². The van der Waals surface area contributed by atoms with Crippen molar-refractivity contribution in [1.82, 2.24) is 5.43 Å². The normalized spacial score (nSPS) is 11.0. The van der Waals surface area contributed by atoms with E-state index in [2.05, 4.69) is 42.4 Å². The summed E-state index contributed by atoms with van der Waals surface area (Å²) in [6, 6.07) is 27.2. The SMILES string of the molecule is O=C(COc1ccc2cc(Br)ccc2c1Br)NN=Cc1cccc(OCc2ccccc2)c1. The van der Waals surface area contributed by atoms with Crippen LogP contribution in [-0.2, 0) is 11.4 Å². The van der Waals surface area contributed by atoms with Gasteiger partial charge in [0.25, 0.3) is 5.91 Å². The first-order valence-electron chi connectivity index (χ1n) is 10.2. The van der Waals surface area contributed by atoms with Crippen molar-refractivity contribution in [3.05, 3.63) is 105 Å². The van der Waals surface area contributed by atoms with Crippen LogP contribution < -0.4 is 14.9 Å². The summed E-state index contributed by atoms with van der Waals surface area (Å²) in [5.74, 6) is 0.961. The molecule has 166 valence electrons. The Hall–Kier alpha value is -3.16. The molecule has 0 saturated heterocycles. The molecule has 0 aliphatic heterocycles. The van der Waals surface area contributed by atoms with Crippen LogP contribution >= 0.6 is 31.9 Å². The van der Waals surface area contributed by atoms with Gasteiger partial charge in [0.05, 0.1) is 10.7 Å². The topological polar surface area (TPSA) is 59.9 Å². The quantitative estimate of drug-likeness (QED) is 0.196. The molecule has 0 heterocycles. The first-order valence-corrected chi connectivity index (χ1v) is 11.8. The van der Waals surface area contributed by atoms with E-state index in [0.29, 0.717) is 12.4 Å². The molecule has 0 saturated carbocycles. The number of nitrogens with one attached hydrogen (secondary N) is 1. The highest BCUT2D eigenvalue weighted by atomic mass is 79.9. The summed E-state index contributed by atoms with van der Waals surface area (Å²) < 4.78 is 13.3. The lowest BCUT2D eigenvalue weighted by atomic mass is 10.1. The highest BCUT2D eigenvalue weighted by Gasteiger charge is 2.09. The standard InChI is InChI=1S/C26H20Br2N2O3/c27-21-10-11-23-20(14-21)9-12-24(26(23)28)33-17-25(31)30-29-15-19-7-4-8-22(13-19)32-16-18-5-2-1-3-6-18/h1-15H,16-17H2,(H,30,31). The van der Waals surface area contributed by atoms with Crippen LogP contribution in [0.25, 0.3) is 10.8 Å². The summed E-state index contributed by atoms with van der Waals surface area (Å²) >= 11 is 7.03. The number of hydrogen-bond donors (Lipinski definition) is 1. The van der Waals surface area contributed by atoms with Crippen molar-refractivity contribution in [3.8, 4) is 11.5 Å². The smallest absolute Gasteiger partial charge is 0.277 e. The van der Waals surface area contributed by atoms with Gasteiger partial charge in [-0.15, -0.1) is 0 Å². The van der Waals surface area contributed by atoms with Crippen LogP contribution in [0.5, 0.6) is 11.5 Å². The minimum absolute atomic E-state index is 0.155. The lowest BCUT2D eigenvalue weighted by Crippen LogP contribution is -2.24. The van der Waals surface area contributed by atoms with Crippen molar-refractivity contribution in [2.45, 2.75) is 6.61 Å². The van der Waals surface area contributed by atoms with Gasteiger partial charge < -0.3 is 9.47 Å². The number of amides is 1. The second kappa shape index (κ2) is 11.1. The fourth-order valence-corrected chi connectivity index (χ4v) is 4.12. The van der Waals surface area contributed by atoms with Gasteiger partial charge in [0.1, 0.15) is 18.1 Å². The van der Waals surface area contributed by atoms with E-state index in [0.717, 1.165) is 36.6 Å². The number of hydrogen-bond acceptors (Lipinski definition) is 4. The molecule has 5 nitrogen and oxygen atoms in total. The van der Waals surface area contributed by atoms with E-state index in [1.807, 2.05) is 84.9 Å². The average Bonchev–Trinajstić information content (AvgIpc) is 2.83. The predicted molar refractivity (Wildman–Crippen MR) is 138 cm³/mol. The van der Waals surface area contributed by atoms with Crippen LogP contribution in [0.4, 0.5) is 0 Å². The Morgan fingerprint density at radius 3 is 2.61 bits per heavy atom. The van der Waals surface area contributed by atoms with E-state index in [1.54, 1.807) is 6.21 Å². The van der Waals surface area contributed by atoms with Crippen LogP contribution in [0.15, 0.2) is 99.0 Å². The molecular weight excluding hydrogens is 548 g/mol. The molecule has 4 aromatic rings. The minimum Gasteiger partial charge on any atom is -0.489 e. The van der Waals surface area contributed by atoms with Crippen molar-refractivity contribution in [2.75, 3.05) is 6.61 Å². The maximum atomic E-state index is 12.2. The summed E-state index contributed by atoms with van der Waals surface area (Å²) in [4.78, 5) is 12.2. The van der Waals surface area contributed by atoms with Gasteiger partial charge >= 0.3 is 0 Å². The Morgan fingerprint density at radius 2 is 1.76 bits per heavy atom. The Kier molecular flexibility index (Phi) is 7.75. The Balaban J connectivity index is 1.29. The fraction of sp³-hybridized carbons (Fsp3) is 0.0769. The molecule has 0 aliphatic carbocycles. The van der Waals surface area contributed by atoms with Crippen molar-refractivity contribution in [1.29, 1.82) is 0 Å². The van der Waals surface area contributed by atoms with Crippen molar-refractivity contribution in [3.63, 3.8) is 0 Å². The lowest BCUT2D eigenvalue weighted by Gasteiger charge is -2.10. The molecule has 33 heavy (non-hydrogen) atoms. The molecule has 0 atom stereocenters. The lowest BCUT2D eigenvalue weighted by molar-refractivity contribution is -0.123. The van der Waals surface area contributed by atoms with Gasteiger partial charge in [-0.25, -0.2) is 5.43 Å². The van der Waals surface area contributed by atoms with Crippen LogP contribution in [0.2, 0.25) is 0 Å². The third-order valence-corrected chi connectivity index (χ3v) is 6.06. The molecule has 0 radical (unpaired) electrons. The number of carbonyl (C=O) groups is 1. The molecule has 0 spiro atoms. The van der Waals surface area contributed by atoms with E-state index >= 15 is 0 Å². The summed E-state index contributed by atoms with van der Waals surface area (Å²) in [6.45, 7) is 0.329. The van der Waals surface area contributed by atoms with E-state index in [-0.39, 0.29) is 12.5 Å². The van der Waals surface area contributed by atoms with Gasteiger partial charge in [0.15, 0.2) is 6.61 Å². The van der Waals surface area contributed by atoms with Crippen molar-refractivity contribution in [2.24, 2.45) is 5.10 Å². The zero-order chi connectivity index (χ0) is 23.0. The number of carbonyl (C=O) groups excluding carboxylic acids is 1. The molecule has 0 bridgehead atoms. The van der Waals surface area contributed by atoms with Crippen LogP contribution in [0.1, 0.15) is 11.1 Å².